The van der Waals surface area contributed by atoms with Crippen LogP contribution in [0.4, 0.5) is 15.9 Å². The van der Waals surface area contributed by atoms with Crippen LogP contribution in [0.3, 0.4) is 0 Å². The second-order valence-electron chi connectivity index (χ2n) is 3.53. The van der Waals surface area contributed by atoms with Crippen molar-refractivity contribution in [3.05, 3.63) is 52.9 Å². The lowest BCUT2D eigenvalue weighted by Gasteiger charge is -2.07. The van der Waals surface area contributed by atoms with E-state index in [2.05, 4.69) is 10.3 Å². The van der Waals surface area contributed by atoms with Gasteiger partial charge in [-0.15, -0.1) is 0 Å². The standard InChI is InChI=1S/C12H9ClFN3S/c13-8-6-7(4-5-9(8)14)16-11-3-1-2-10(17-11)12(15)18/h1-6H,(H2,15,18)(H,16,17). The molecule has 3 N–H and O–H groups in total. The Balaban J connectivity index is 2.25. The number of benzene rings is 1. The largest absolute Gasteiger partial charge is 0.388 e. The summed E-state index contributed by atoms with van der Waals surface area (Å²) in [7, 11) is 0. The Bertz CT molecular complexity index is 604. The normalized spacial score (nSPS) is 10.1. The van der Waals surface area contributed by atoms with Crippen LogP contribution < -0.4 is 11.1 Å². The Labute approximate surface area is 114 Å². The molecule has 0 radical (unpaired) electrons. The molecule has 18 heavy (non-hydrogen) atoms. The topological polar surface area (TPSA) is 50.9 Å². The molecule has 0 aliphatic rings. The summed E-state index contributed by atoms with van der Waals surface area (Å²) in [6.07, 6.45) is 0. The number of halogens is 2. The van der Waals surface area contributed by atoms with E-state index in [1.807, 2.05) is 0 Å². The first-order valence-electron chi connectivity index (χ1n) is 5.05. The quantitative estimate of drug-likeness (QED) is 0.848. The lowest BCUT2D eigenvalue weighted by molar-refractivity contribution is 0.628. The third-order valence-electron chi connectivity index (χ3n) is 2.19. The van der Waals surface area contributed by atoms with Gasteiger partial charge in [-0.25, -0.2) is 9.37 Å². The van der Waals surface area contributed by atoms with Gasteiger partial charge in [0.15, 0.2) is 0 Å². The maximum Gasteiger partial charge on any atom is 0.141 e. The molecule has 0 spiro atoms. The zero-order chi connectivity index (χ0) is 13.1. The fraction of sp³-hybridized carbons (Fsp3) is 0. The number of thiocarbonyl (C=S) groups is 1. The number of pyridine rings is 1. The number of hydrogen-bond donors (Lipinski definition) is 2. The van der Waals surface area contributed by atoms with Crippen LogP contribution in [0.1, 0.15) is 5.69 Å². The SMILES string of the molecule is NC(=S)c1cccc(Nc2ccc(F)c(Cl)c2)n1. The van der Waals surface area contributed by atoms with Gasteiger partial charge in [0, 0.05) is 5.69 Å². The molecule has 0 aliphatic heterocycles. The zero-order valence-corrected chi connectivity index (χ0v) is 10.7. The molecule has 0 aliphatic carbocycles. The number of nitrogens with one attached hydrogen (secondary N) is 1. The molecular weight excluding hydrogens is 273 g/mol. The monoisotopic (exact) mass is 281 g/mol. The van der Waals surface area contributed by atoms with Crippen LogP contribution in [-0.2, 0) is 0 Å². The van der Waals surface area contributed by atoms with Crippen molar-refractivity contribution in [1.29, 1.82) is 0 Å². The van der Waals surface area contributed by atoms with Gasteiger partial charge >= 0.3 is 0 Å². The van der Waals surface area contributed by atoms with E-state index in [9.17, 15) is 4.39 Å². The molecule has 0 atom stereocenters. The molecule has 3 nitrogen and oxygen atoms in total. The van der Waals surface area contributed by atoms with Crippen LogP contribution >= 0.6 is 23.8 Å². The van der Waals surface area contributed by atoms with Gasteiger partial charge in [-0.3, -0.25) is 0 Å². The molecule has 0 amide bonds. The van der Waals surface area contributed by atoms with Crippen LogP contribution in [-0.4, -0.2) is 9.97 Å². The van der Waals surface area contributed by atoms with E-state index >= 15 is 0 Å². The highest BCUT2D eigenvalue weighted by molar-refractivity contribution is 7.80. The van der Waals surface area contributed by atoms with Gasteiger partial charge in [-0.1, -0.05) is 29.9 Å². The van der Waals surface area contributed by atoms with E-state index in [1.54, 1.807) is 24.3 Å². The minimum absolute atomic E-state index is 0.0468. The van der Waals surface area contributed by atoms with Crippen LogP contribution in [0, 0.1) is 5.82 Å². The molecule has 0 unspecified atom stereocenters. The van der Waals surface area contributed by atoms with E-state index in [0.29, 0.717) is 17.2 Å². The summed E-state index contributed by atoms with van der Waals surface area (Å²) in [5.41, 5.74) is 6.64. The van der Waals surface area contributed by atoms with Crippen molar-refractivity contribution in [2.75, 3.05) is 5.32 Å². The number of nitrogens with two attached hydrogens (primary N) is 1. The van der Waals surface area contributed by atoms with E-state index in [4.69, 9.17) is 29.6 Å². The predicted octanol–water partition coefficient (Wildman–Crippen LogP) is 3.25. The summed E-state index contributed by atoms with van der Waals surface area (Å²) in [5.74, 6) is 0.0926. The van der Waals surface area contributed by atoms with Crippen molar-refractivity contribution in [1.82, 2.24) is 4.98 Å². The van der Waals surface area contributed by atoms with Gasteiger partial charge < -0.3 is 11.1 Å². The zero-order valence-electron chi connectivity index (χ0n) is 9.15. The average molecular weight is 282 g/mol. The highest BCUT2D eigenvalue weighted by Gasteiger charge is 2.03. The second-order valence-corrected chi connectivity index (χ2v) is 4.37. The lowest BCUT2D eigenvalue weighted by Crippen LogP contribution is -2.12. The second kappa shape index (κ2) is 5.29. The highest BCUT2D eigenvalue weighted by atomic mass is 35.5. The molecule has 0 bridgehead atoms. The van der Waals surface area contributed by atoms with Crippen molar-refractivity contribution < 1.29 is 4.39 Å². The Morgan fingerprint density at radius 3 is 2.78 bits per heavy atom. The Kier molecular flexibility index (Phi) is 3.74. The molecule has 1 heterocycles. The van der Waals surface area contributed by atoms with Crippen LogP contribution in [0.25, 0.3) is 0 Å². The fourth-order valence-electron chi connectivity index (χ4n) is 1.36. The summed E-state index contributed by atoms with van der Waals surface area (Å²) < 4.78 is 13.0. The molecule has 1 aromatic heterocycles. The molecule has 0 saturated heterocycles. The van der Waals surface area contributed by atoms with Crippen LogP contribution in [0.2, 0.25) is 5.02 Å². The van der Waals surface area contributed by atoms with Crippen molar-refractivity contribution in [2.24, 2.45) is 5.73 Å². The van der Waals surface area contributed by atoms with E-state index < -0.39 is 5.82 Å². The van der Waals surface area contributed by atoms with E-state index in [1.165, 1.54) is 12.1 Å². The van der Waals surface area contributed by atoms with Gasteiger partial charge in [0.2, 0.25) is 0 Å². The van der Waals surface area contributed by atoms with Crippen LogP contribution in [0.5, 0.6) is 0 Å². The highest BCUT2D eigenvalue weighted by Crippen LogP contribution is 2.21. The number of anilines is 2. The molecular formula is C12H9ClFN3S. The number of rotatable bonds is 3. The molecule has 92 valence electrons. The van der Waals surface area contributed by atoms with E-state index in [0.717, 1.165) is 0 Å². The van der Waals surface area contributed by atoms with Gasteiger partial charge in [-0.05, 0) is 30.3 Å². The average Bonchev–Trinajstić information content (AvgIpc) is 2.34. The Hall–Kier alpha value is -1.72. The Morgan fingerprint density at radius 2 is 2.11 bits per heavy atom. The van der Waals surface area contributed by atoms with Crippen molar-refractivity contribution in [3.8, 4) is 0 Å². The van der Waals surface area contributed by atoms with Gasteiger partial charge in [-0.2, -0.15) is 0 Å². The third kappa shape index (κ3) is 2.94. The summed E-state index contributed by atoms with van der Waals surface area (Å²) in [6.45, 7) is 0. The number of hydrogen-bond acceptors (Lipinski definition) is 3. The molecule has 0 fully saturated rings. The van der Waals surface area contributed by atoms with E-state index in [-0.39, 0.29) is 10.0 Å². The molecule has 2 aromatic rings. The van der Waals surface area contributed by atoms with Crippen LogP contribution in [0.15, 0.2) is 36.4 Å². The van der Waals surface area contributed by atoms with Gasteiger partial charge in [0.05, 0.1) is 10.7 Å². The maximum absolute atomic E-state index is 13.0. The number of nitrogens with zero attached hydrogens (tertiary/aromatic N) is 1. The molecule has 1 aromatic carbocycles. The maximum atomic E-state index is 13.0. The predicted molar refractivity (Wildman–Crippen MR) is 74.8 cm³/mol. The number of aromatic nitrogens is 1. The summed E-state index contributed by atoms with van der Waals surface area (Å²) >= 11 is 10.5. The van der Waals surface area contributed by atoms with Gasteiger partial charge in [0.25, 0.3) is 0 Å². The minimum atomic E-state index is -0.466. The van der Waals surface area contributed by atoms with Crippen molar-refractivity contribution >= 4 is 40.3 Å². The first-order valence-corrected chi connectivity index (χ1v) is 5.84. The fourth-order valence-corrected chi connectivity index (χ4v) is 1.66. The van der Waals surface area contributed by atoms with Gasteiger partial charge in [0.1, 0.15) is 16.6 Å². The summed E-state index contributed by atoms with van der Waals surface area (Å²) in [6, 6.07) is 9.56. The summed E-state index contributed by atoms with van der Waals surface area (Å²) in [5, 5.41) is 3.04. The smallest absolute Gasteiger partial charge is 0.141 e. The third-order valence-corrected chi connectivity index (χ3v) is 2.69. The Morgan fingerprint density at radius 1 is 1.33 bits per heavy atom. The molecule has 6 heteroatoms. The molecule has 2 rings (SSSR count). The minimum Gasteiger partial charge on any atom is -0.388 e. The summed E-state index contributed by atoms with van der Waals surface area (Å²) in [4.78, 5) is 4.42. The first-order chi connectivity index (χ1) is 8.56. The lowest BCUT2D eigenvalue weighted by atomic mass is 10.3. The van der Waals surface area contributed by atoms with Crippen molar-refractivity contribution in [2.45, 2.75) is 0 Å². The van der Waals surface area contributed by atoms with Crippen molar-refractivity contribution in [3.63, 3.8) is 0 Å². The molecule has 0 saturated carbocycles. The first kappa shape index (κ1) is 12.7.